The molecular weight excluding hydrogens is 140 g/mol. The number of hydrogen-bond donors (Lipinski definition) is 1. The van der Waals surface area contributed by atoms with E-state index < -0.39 is 0 Å². The van der Waals surface area contributed by atoms with E-state index in [0.29, 0.717) is 10.1 Å². The topological polar surface area (TPSA) is 81.2 Å². The number of nitroso groups, excluding NO2 is 1. The van der Waals surface area contributed by atoms with E-state index in [9.17, 15) is 4.91 Å². The van der Waals surface area contributed by atoms with E-state index >= 15 is 0 Å². The van der Waals surface area contributed by atoms with Gasteiger partial charge >= 0.3 is 0 Å². The summed E-state index contributed by atoms with van der Waals surface area (Å²) in [6.45, 7) is 0.0644. The van der Waals surface area contributed by atoms with Crippen LogP contribution in [-0.2, 0) is 6.54 Å². The third kappa shape index (κ3) is 1.43. The van der Waals surface area contributed by atoms with Gasteiger partial charge in [-0.05, 0) is 0 Å². The highest BCUT2D eigenvalue weighted by Crippen LogP contribution is 2.10. The van der Waals surface area contributed by atoms with Crippen LogP contribution in [0.15, 0.2) is 5.18 Å². The number of aromatic nitrogens is 2. The van der Waals surface area contributed by atoms with Crippen molar-refractivity contribution in [1.82, 2.24) is 10.2 Å². The lowest BCUT2D eigenvalue weighted by Gasteiger charge is -1.74. The Morgan fingerprint density at radius 3 is 2.89 bits per heavy atom. The van der Waals surface area contributed by atoms with Gasteiger partial charge in [-0.25, -0.2) is 0 Å². The lowest BCUT2D eigenvalue weighted by molar-refractivity contribution is 0.955. The molecule has 0 spiro atoms. The normalized spacial score (nSPS) is 9.33. The molecule has 0 amide bonds. The van der Waals surface area contributed by atoms with Crippen molar-refractivity contribution in [3.8, 4) is 0 Å². The lowest BCUT2D eigenvalue weighted by atomic mass is 10.7. The first-order valence-corrected chi connectivity index (χ1v) is 3.01. The predicted molar refractivity (Wildman–Crippen MR) is 33.8 cm³/mol. The first kappa shape index (κ1) is 6.09. The standard InChI is InChI=1S/C3H4N4OS/c4-3-7-6-2(9-3)1-5-8/h1H2,(H2,4,7). The summed E-state index contributed by atoms with van der Waals surface area (Å²) in [5.74, 6) is 0. The summed E-state index contributed by atoms with van der Waals surface area (Å²) in [5.41, 5.74) is 5.21. The van der Waals surface area contributed by atoms with Crippen LogP contribution in [0.3, 0.4) is 0 Å². The average Bonchev–Trinajstić information content (AvgIpc) is 2.17. The van der Waals surface area contributed by atoms with Crippen LogP contribution in [0.1, 0.15) is 5.01 Å². The Hall–Kier alpha value is -1.04. The van der Waals surface area contributed by atoms with Crippen LogP contribution in [-0.4, -0.2) is 10.2 Å². The van der Waals surface area contributed by atoms with Crippen LogP contribution in [0, 0.1) is 4.91 Å². The van der Waals surface area contributed by atoms with Crippen molar-refractivity contribution in [2.24, 2.45) is 5.18 Å². The van der Waals surface area contributed by atoms with E-state index in [4.69, 9.17) is 5.73 Å². The third-order valence-corrected chi connectivity index (χ3v) is 1.42. The maximum Gasteiger partial charge on any atom is 0.203 e. The molecule has 6 heteroatoms. The molecule has 1 aromatic heterocycles. The van der Waals surface area contributed by atoms with Crippen LogP contribution in [0.2, 0.25) is 0 Å². The monoisotopic (exact) mass is 144 g/mol. The number of nitrogen functional groups attached to an aromatic ring is 1. The molecule has 0 aliphatic rings. The SMILES string of the molecule is Nc1nnc(CN=O)s1. The van der Waals surface area contributed by atoms with Gasteiger partial charge in [0.2, 0.25) is 5.13 Å². The van der Waals surface area contributed by atoms with Crippen LogP contribution >= 0.6 is 11.3 Å². The molecule has 0 fully saturated rings. The van der Waals surface area contributed by atoms with E-state index in [1.54, 1.807) is 0 Å². The molecule has 0 aliphatic heterocycles. The minimum absolute atomic E-state index is 0.0644. The molecule has 1 heterocycles. The van der Waals surface area contributed by atoms with Gasteiger partial charge < -0.3 is 5.73 Å². The Kier molecular flexibility index (Phi) is 1.69. The molecule has 0 radical (unpaired) electrons. The van der Waals surface area contributed by atoms with E-state index in [1.165, 1.54) is 11.3 Å². The highest BCUT2D eigenvalue weighted by Gasteiger charge is 1.97. The number of anilines is 1. The van der Waals surface area contributed by atoms with Gasteiger partial charge in [0, 0.05) is 0 Å². The highest BCUT2D eigenvalue weighted by atomic mass is 32.1. The van der Waals surface area contributed by atoms with Crippen LogP contribution in [0.4, 0.5) is 5.13 Å². The molecular formula is C3H4N4OS. The zero-order valence-corrected chi connectivity index (χ0v) is 5.26. The van der Waals surface area contributed by atoms with Crippen molar-refractivity contribution in [2.75, 3.05) is 5.73 Å². The number of rotatable bonds is 2. The van der Waals surface area contributed by atoms with Gasteiger partial charge in [0.1, 0.15) is 11.6 Å². The largest absolute Gasteiger partial charge is 0.374 e. The Morgan fingerprint density at radius 2 is 2.44 bits per heavy atom. The minimum atomic E-state index is 0.0644. The molecule has 0 saturated heterocycles. The molecule has 0 unspecified atom stereocenters. The summed E-state index contributed by atoms with van der Waals surface area (Å²) >= 11 is 1.17. The summed E-state index contributed by atoms with van der Waals surface area (Å²) in [5, 5.41) is 10.6. The molecule has 0 aromatic carbocycles. The van der Waals surface area contributed by atoms with Crippen LogP contribution in [0.25, 0.3) is 0 Å². The van der Waals surface area contributed by atoms with Gasteiger partial charge in [-0.1, -0.05) is 16.5 Å². The second-order valence-corrected chi connectivity index (χ2v) is 2.41. The number of nitrogens with zero attached hydrogens (tertiary/aromatic N) is 3. The Balaban J connectivity index is 2.72. The smallest absolute Gasteiger partial charge is 0.203 e. The van der Waals surface area contributed by atoms with Gasteiger partial charge in [0.15, 0.2) is 0 Å². The Labute approximate surface area is 54.9 Å². The second-order valence-electron chi connectivity index (χ2n) is 1.32. The second kappa shape index (κ2) is 2.49. The lowest BCUT2D eigenvalue weighted by Crippen LogP contribution is -1.80. The molecule has 0 saturated carbocycles. The summed E-state index contributed by atoms with van der Waals surface area (Å²) in [6, 6.07) is 0. The first-order chi connectivity index (χ1) is 4.33. The maximum absolute atomic E-state index is 9.63. The Bertz CT molecular complexity index is 209. The predicted octanol–water partition coefficient (Wildman–Crippen LogP) is 0.387. The zero-order valence-electron chi connectivity index (χ0n) is 4.44. The van der Waals surface area contributed by atoms with Crippen molar-refractivity contribution in [2.45, 2.75) is 6.54 Å². The summed E-state index contributed by atoms with van der Waals surface area (Å²) in [4.78, 5) is 9.63. The first-order valence-electron chi connectivity index (χ1n) is 2.20. The van der Waals surface area contributed by atoms with Crippen LogP contribution in [0.5, 0.6) is 0 Å². The van der Waals surface area contributed by atoms with Gasteiger partial charge in [0.25, 0.3) is 0 Å². The van der Waals surface area contributed by atoms with E-state index in [0.717, 1.165) is 0 Å². The molecule has 1 rings (SSSR count). The maximum atomic E-state index is 9.63. The number of hydrogen-bond acceptors (Lipinski definition) is 6. The molecule has 48 valence electrons. The Morgan fingerprint density at radius 1 is 1.67 bits per heavy atom. The molecule has 5 nitrogen and oxygen atoms in total. The van der Waals surface area contributed by atoms with Gasteiger partial charge in [-0.3, -0.25) is 0 Å². The zero-order chi connectivity index (χ0) is 6.69. The van der Waals surface area contributed by atoms with E-state index in [-0.39, 0.29) is 6.54 Å². The minimum Gasteiger partial charge on any atom is -0.374 e. The van der Waals surface area contributed by atoms with Crippen molar-refractivity contribution >= 4 is 16.5 Å². The molecule has 0 aliphatic carbocycles. The molecule has 2 N–H and O–H groups in total. The molecule has 1 aromatic rings. The van der Waals surface area contributed by atoms with Crippen molar-refractivity contribution in [1.29, 1.82) is 0 Å². The fourth-order valence-corrected chi connectivity index (χ4v) is 0.908. The molecule has 0 bridgehead atoms. The van der Waals surface area contributed by atoms with Crippen molar-refractivity contribution in [3.05, 3.63) is 9.91 Å². The molecule has 9 heavy (non-hydrogen) atoms. The summed E-state index contributed by atoms with van der Waals surface area (Å²) in [6.07, 6.45) is 0. The average molecular weight is 144 g/mol. The molecule has 0 atom stereocenters. The van der Waals surface area contributed by atoms with Gasteiger partial charge in [-0.15, -0.1) is 10.2 Å². The van der Waals surface area contributed by atoms with E-state index in [1.807, 2.05) is 0 Å². The third-order valence-electron chi connectivity index (χ3n) is 0.682. The van der Waals surface area contributed by atoms with E-state index in [2.05, 4.69) is 15.4 Å². The summed E-state index contributed by atoms with van der Waals surface area (Å²) < 4.78 is 0. The fraction of sp³-hybridized carbons (Fsp3) is 0.333. The van der Waals surface area contributed by atoms with Gasteiger partial charge in [-0.2, -0.15) is 4.91 Å². The van der Waals surface area contributed by atoms with Crippen molar-refractivity contribution < 1.29 is 0 Å². The van der Waals surface area contributed by atoms with Crippen LogP contribution < -0.4 is 5.73 Å². The quantitative estimate of drug-likeness (QED) is 0.608. The van der Waals surface area contributed by atoms with Gasteiger partial charge in [0.05, 0.1) is 0 Å². The fourth-order valence-electron chi connectivity index (χ4n) is 0.386. The highest BCUT2D eigenvalue weighted by molar-refractivity contribution is 7.15. The summed E-state index contributed by atoms with van der Waals surface area (Å²) in [7, 11) is 0. The number of nitrogens with two attached hydrogens (primary N) is 1. The van der Waals surface area contributed by atoms with Crippen molar-refractivity contribution in [3.63, 3.8) is 0 Å².